The van der Waals surface area contributed by atoms with Crippen LogP contribution in [0.4, 0.5) is 0 Å². The number of piperazine rings is 1. The van der Waals surface area contributed by atoms with Crippen LogP contribution >= 0.6 is 0 Å². The monoisotopic (exact) mass is 778 g/mol. The topological polar surface area (TPSA) is 101 Å². The van der Waals surface area contributed by atoms with Crippen molar-refractivity contribution in [2.75, 3.05) is 45.9 Å². The van der Waals surface area contributed by atoms with E-state index >= 15 is 4.79 Å². The minimum atomic E-state index is -1.20. The van der Waals surface area contributed by atoms with Crippen molar-refractivity contribution in [1.29, 1.82) is 0 Å². The number of benzene rings is 4. The summed E-state index contributed by atoms with van der Waals surface area (Å²) in [4.78, 5) is 19.3. The molecule has 2 N–H and O–H groups in total. The molecule has 1 aliphatic rings. The van der Waals surface area contributed by atoms with Gasteiger partial charge in [-0.1, -0.05) is 148 Å². The van der Waals surface area contributed by atoms with Gasteiger partial charge in [0.1, 0.15) is 6.10 Å². The molecule has 0 radical (unpaired) electrons. The Morgan fingerprint density at radius 3 is 1.63 bits per heavy atom. The summed E-state index contributed by atoms with van der Waals surface area (Å²) in [5, 5.41) is 23.5. The van der Waals surface area contributed by atoms with Crippen LogP contribution in [0.25, 0.3) is 0 Å². The van der Waals surface area contributed by atoms with Gasteiger partial charge in [0.15, 0.2) is 6.10 Å². The lowest BCUT2D eigenvalue weighted by molar-refractivity contribution is -0.237. The van der Waals surface area contributed by atoms with Crippen molar-refractivity contribution in [3.63, 3.8) is 0 Å². The number of carbonyl (C=O) groups is 1. The number of hydrogen-bond acceptors (Lipinski definition) is 8. The molecule has 306 valence electrons. The van der Waals surface area contributed by atoms with Crippen LogP contribution in [0.5, 0.6) is 0 Å². The van der Waals surface area contributed by atoms with Gasteiger partial charge in [0.05, 0.1) is 51.8 Å². The lowest BCUT2D eigenvalue weighted by Crippen LogP contribution is -2.64. The van der Waals surface area contributed by atoms with E-state index in [4.69, 9.17) is 18.9 Å². The Bertz CT molecular complexity index is 1740. The van der Waals surface area contributed by atoms with Crippen LogP contribution in [0.2, 0.25) is 0 Å². The van der Waals surface area contributed by atoms with Crippen molar-refractivity contribution in [2.24, 2.45) is 10.8 Å². The van der Waals surface area contributed by atoms with E-state index in [1.165, 1.54) is 0 Å². The van der Waals surface area contributed by atoms with Crippen LogP contribution in [0.15, 0.2) is 134 Å². The third-order valence-corrected chi connectivity index (χ3v) is 11.1. The third kappa shape index (κ3) is 12.2. The Kier molecular flexibility index (Phi) is 17.0. The average Bonchev–Trinajstić information content (AvgIpc) is 3.26. The highest BCUT2D eigenvalue weighted by Gasteiger charge is 2.56. The first-order valence-electron chi connectivity index (χ1n) is 20.2. The second kappa shape index (κ2) is 22.1. The molecule has 0 saturated carbocycles. The molecule has 1 amide bonds. The molecule has 1 fully saturated rings. The SMILES string of the molecule is C=CCN1CCN(C(=O)[C@H](OCc2ccccc2)[C@@H](OCc2ccccc2)[C@@H](OCc2ccccc2)[C@](CC)(COCc2ccccc2)[C@H](O)C(C)(C)CO)CC1. The zero-order valence-electron chi connectivity index (χ0n) is 34.0. The van der Waals surface area contributed by atoms with E-state index in [1.54, 1.807) is 0 Å². The largest absolute Gasteiger partial charge is 0.396 e. The van der Waals surface area contributed by atoms with Crippen LogP contribution in [-0.4, -0.2) is 96.3 Å². The molecule has 0 spiro atoms. The van der Waals surface area contributed by atoms with Crippen molar-refractivity contribution in [3.8, 4) is 0 Å². The molecule has 9 nitrogen and oxygen atoms in total. The molecule has 5 atom stereocenters. The Morgan fingerprint density at radius 2 is 1.18 bits per heavy atom. The standard InChI is InChI=1S/C48H62N2O7/c1-5-27-49-28-30-50(31-29-49)45(52)43(56-34-40-23-15-9-16-24-40)42(55-33-39-21-13-8-14-22-39)44(57-35-41-25-17-10-18-26-41)48(6-2,46(53)47(3,4)36-51)37-54-32-38-19-11-7-12-20-38/h5,7-26,42-44,46,51,53H,1,6,27-37H2,2-4H3/t42-,43-,44-,46-,48+/m1/s1. The lowest BCUT2D eigenvalue weighted by Gasteiger charge is -2.51. The fourth-order valence-electron chi connectivity index (χ4n) is 7.64. The highest BCUT2D eigenvalue weighted by Crippen LogP contribution is 2.45. The van der Waals surface area contributed by atoms with Crippen molar-refractivity contribution >= 4 is 5.91 Å². The Labute approximate surface area is 339 Å². The van der Waals surface area contributed by atoms with Crippen molar-refractivity contribution in [1.82, 2.24) is 9.80 Å². The summed E-state index contributed by atoms with van der Waals surface area (Å²) < 4.78 is 27.5. The predicted octanol–water partition coefficient (Wildman–Crippen LogP) is 7.07. The van der Waals surface area contributed by atoms with Gasteiger partial charge in [-0.25, -0.2) is 0 Å². The molecule has 1 saturated heterocycles. The predicted molar refractivity (Wildman–Crippen MR) is 224 cm³/mol. The number of ether oxygens (including phenoxy) is 4. The molecule has 0 unspecified atom stereocenters. The van der Waals surface area contributed by atoms with Crippen LogP contribution in [0.1, 0.15) is 49.4 Å². The molecule has 5 rings (SSSR count). The molecule has 9 heteroatoms. The van der Waals surface area contributed by atoms with E-state index in [2.05, 4.69) is 11.5 Å². The number of nitrogens with zero attached hydrogens (tertiary/aromatic N) is 2. The zero-order valence-corrected chi connectivity index (χ0v) is 34.0. The quantitative estimate of drug-likeness (QED) is 0.0773. The van der Waals surface area contributed by atoms with E-state index in [9.17, 15) is 10.2 Å². The van der Waals surface area contributed by atoms with Gasteiger partial charge in [-0.3, -0.25) is 9.69 Å². The van der Waals surface area contributed by atoms with Gasteiger partial charge < -0.3 is 34.1 Å². The minimum absolute atomic E-state index is 0.0491. The number of rotatable bonds is 23. The summed E-state index contributed by atoms with van der Waals surface area (Å²) in [5.41, 5.74) is 1.53. The first-order valence-corrected chi connectivity index (χ1v) is 20.2. The highest BCUT2D eigenvalue weighted by atomic mass is 16.6. The van der Waals surface area contributed by atoms with Gasteiger partial charge in [0.25, 0.3) is 5.91 Å². The van der Waals surface area contributed by atoms with Gasteiger partial charge in [0, 0.05) is 43.6 Å². The van der Waals surface area contributed by atoms with Crippen LogP contribution in [-0.2, 0) is 50.2 Å². The van der Waals surface area contributed by atoms with Gasteiger partial charge in [-0.2, -0.15) is 0 Å². The number of hydrogen-bond donors (Lipinski definition) is 2. The molecule has 57 heavy (non-hydrogen) atoms. The second-order valence-electron chi connectivity index (χ2n) is 15.7. The number of aliphatic hydroxyl groups is 2. The molecule has 0 bridgehead atoms. The van der Waals surface area contributed by atoms with Crippen molar-refractivity contribution in [3.05, 3.63) is 156 Å². The summed E-state index contributed by atoms with van der Waals surface area (Å²) in [6.07, 6.45) is -2.03. The fourth-order valence-corrected chi connectivity index (χ4v) is 7.64. The van der Waals surface area contributed by atoms with E-state index < -0.39 is 35.2 Å². The van der Waals surface area contributed by atoms with Crippen LogP contribution in [0.3, 0.4) is 0 Å². The maximum Gasteiger partial charge on any atom is 0.254 e. The van der Waals surface area contributed by atoms with E-state index in [0.717, 1.165) is 28.8 Å². The van der Waals surface area contributed by atoms with Crippen molar-refractivity contribution < 1.29 is 34.0 Å². The zero-order chi connectivity index (χ0) is 40.5. The summed E-state index contributed by atoms with van der Waals surface area (Å²) >= 11 is 0. The molecule has 4 aromatic rings. The molecule has 4 aromatic carbocycles. The second-order valence-corrected chi connectivity index (χ2v) is 15.7. The molecule has 0 aromatic heterocycles. The maximum atomic E-state index is 15.1. The minimum Gasteiger partial charge on any atom is -0.396 e. The fraction of sp³-hybridized carbons (Fsp3) is 0.438. The maximum absolute atomic E-state index is 15.1. The van der Waals surface area contributed by atoms with Gasteiger partial charge in [-0.15, -0.1) is 6.58 Å². The Balaban J connectivity index is 1.65. The summed E-state index contributed by atoms with van der Waals surface area (Å²) in [7, 11) is 0. The lowest BCUT2D eigenvalue weighted by atomic mass is 9.64. The normalized spacial score (nSPS) is 17.0. The van der Waals surface area contributed by atoms with Crippen LogP contribution < -0.4 is 0 Å². The molecule has 1 heterocycles. The highest BCUT2D eigenvalue weighted by molar-refractivity contribution is 5.82. The molecular weight excluding hydrogens is 717 g/mol. The van der Waals surface area contributed by atoms with Gasteiger partial charge in [0.2, 0.25) is 0 Å². The van der Waals surface area contributed by atoms with Crippen LogP contribution in [0, 0.1) is 10.8 Å². The summed E-state index contributed by atoms with van der Waals surface area (Å²) in [6.45, 7) is 13.3. The molecular formula is C48H62N2O7. The number of carbonyl (C=O) groups excluding carboxylic acids is 1. The molecule has 1 aliphatic heterocycles. The van der Waals surface area contributed by atoms with E-state index in [-0.39, 0.29) is 45.5 Å². The summed E-state index contributed by atoms with van der Waals surface area (Å²) in [5.74, 6) is -0.207. The smallest absolute Gasteiger partial charge is 0.254 e. The Morgan fingerprint density at radius 1 is 0.719 bits per heavy atom. The average molecular weight is 779 g/mol. The Hall–Kier alpha value is -4.19. The van der Waals surface area contributed by atoms with Gasteiger partial charge in [-0.05, 0) is 28.7 Å². The van der Waals surface area contributed by atoms with E-state index in [0.29, 0.717) is 32.6 Å². The third-order valence-electron chi connectivity index (χ3n) is 11.1. The first kappa shape index (κ1) is 43.9. The molecule has 0 aliphatic carbocycles. The number of amides is 1. The van der Waals surface area contributed by atoms with Gasteiger partial charge >= 0.3 is 0 Å². The first-order chi connectivity index (χ1) is 27.7. The number of aliphatic hydroxyl groups excluding tert-OH is 2. The van der Waals surface area contributed by atoms with E-state index in [1.807, 2.05) is 153 Å². The van der Waals surface area contributed by atoms with Crippen molar-refractivity contribution in [2.45, 2.75) is 78.0 Å². The summed E-state index contributed by atoms with van der Waals surface area (Å²) in [6, 6.07) is 39.3.